The van der Waals surface area contributed by atoms with Crippen molar-refractivity contribution in [2.75, 3.05) is 0 Å². The first-order valence-electron chi connectivity index (χ1n) is 8.07. The summed E-state index contributed by atoms with van der Waals surface area (Å²) in [6, 6.07) is 19.5. The van der Waals surface area contributed by atoms with E-state index in [0.29, 0.717) is 24.6 Å². The molecule has 1 amide bonds. The molecule has 6 nitrogen and oxygen atoms in total. The van der Waals surface area contributed by atoms with Crippen LogP contribution in [0.25, 0.3) is 5.65 Å². The highest BCUT2D eigenvalue weighted by atomic mass is 16.1. The summed E-state index contributed by atoms with van der Waals surface area (Å²) in [4.78, 5) is 12.6. The molecule has 3 heterocycles. The predicted octanol–water partition coefficient (Wildman–Crippen LogP) is 2.51. The summed E-state index contributed by atoms with van der Waals surface area (Å²) < 4.78 is 3.80. The molecule has 0 aliphatic carbocycles. The quantitative estimate of drug-likeness (QED) is 0.611. The summed E-state index contributed by atoms with van der Waals surface area (Å²) in [5.74, 6) is 0.568. The largest absolute Gasteiger partial charge is 0.343 e. The second-order valence-corrected chi connectivity index (χ2v) is 5.73. The minimum absolute atomic E-state index is 0.131. The molecule has 0 spiro atoms. The van der Waals surface area contributed by atoms with Gasteiger partial charge in [0, 0.05) is 18.9 Å². The molecule has 0 aliphatic heterocycles. The molecule has 0 aliphatic rings. The number of carbonyl (C=O) groups is 1. The van der Waals surface area contributed by atoms with Crippen molar-refractivity contribution in [1.82, 2.24) is 24.5 Å². The third kappa shape index (κ3) is 3.14. The van der Waals surface area contributed by atoms with Crippen LogP contribution < -0.4 is 5.32 Å². The maximum Gasteiger partial charge on any atom is 0.268 e. The second-order valence-electron chi connectivity index (χ2n) is 5.73. The van der Waals surface area contributed by atoms with E-state index >= 15 is 0 Å². The number of fused-ring (bicyclic) bond motifs is 1. The molecule has 0 atom stereocenters. The SMILES string of the molecule is O=C(NCc1nnc2ccccn12)c1cccn1Cc1ccccc1. The Morgan fingerprint density at radius 1 is 0.920 bits per heavy atom. The maximum atomic E-state index is 12.6. The first-order chi connectivity index (χ1) is 12.3. The fraction of sp³-hybridized carbons (Fsp3) is 0.105. The van der Waals surface area contributed by atoms with E-state index in [0.717, 1.165) is 11.2 Å². The van der Waals surface area contributed by atoms with Crippen LogP contribution in [0.15, 0.2) is 73.1 Å². The molecule has 0 radical (unpaired) electrons. The van der Waals surface area contributed by atoms with Crippen LogP contribution in [0.3, 0.4) is 0 Å². The zero-order valence-electron chi connectivity index (χ0n) is 13.5. The summed E-state index contributed by atoms with van der Waals surface area (Å²) in [6.07, 6.45) is 3.79. The van der Waals surface area contributed by atoms with Crippen molar-refractivity contribution in [2.24, 2.45) is 0 Å². The van der Waals surface area contributed by atoms with Crippen molar-refractivity contribution < 1.29 is 4.79 Å². The number of hydrogen-bond acceptors (Lipinski definition) is 3. The minimum atomic E-state index is -0.131. The van der Waals surface area contributed by atoms with E-state index in [1.54, 1.807) is 0 Å². The first-order valence-corrected chi connectivity index (χ1v) is 8.07. The number of hydrogen-bond donors (Lipinski definition) is 1. The fourth-order valence-corrected chi connectivity index (χ4v) is 2.80. The van der Waals surface area contributed by atoms with Crippen LogP contribution in [0, 0.1) is 0 Å². The highest BCUT2D eigenvalue weighted by Gasteiger charge is 2.12. The van der Waals surface area contributed by atoms with Gasteiger partial charge in [-0.25, -0.2) is 0 Å². The molecule has 0 bridgehead atoms. The van der Waals surface area contributed by atoms with Gasteiger partial charge in [-0.3, -0.25) is 9.20 Å². The third-order valence-electron chi connectivity index (χ3n) is 4.05. The lowest BCUT2D eigenvalue weighted by Crippen LogP contribution is -2.26. The molecule has 25 heavy (non-hydrogen) atoms. The zero-order chi connectivity index (χ0) is 17.1. The van der Waals surface area contributed by atoms with Gasteiger partial charge >= 0.3 is 0 Å². The van der Waals surface area contributed by atoms with E-state index in [-0.39, 0.29) is 5.91 Å². The molecular formula is C19H17N5O. The van der Waals surface area contributed by atoms with E-state index in [2.05, 4.69) is 15.5 Å². The molecule has 0 fully saturated rings. The Morgan fingerprint density at radius 2 is 1.76 bits per heavy atom. The number of pyridine rings is 1. The van der Waals surface area contributed by atoms with Gasteiger partial charge in [0.2, 0.25) is 0 Å². The van der Waals surface area contributed by atoms with E-state index in [9.17, 15) is 4.79 Å². The Hall–Kier alpha value is -3.41. The second kappa shape index (κ2) is 6.60. The summed E-state index contributed by atoms with van der Waals surface area (Å²) in [7, 11) is 0. The molecule has 4 rings (SSSR count). The van der Waals surface area contributed by atoms with Crippen molar-refractivity contribution in [3.8, 4) is 0 Å². The number of nitrogens with one attached hydrogen (secondary N) is 1. The highest BCUT2D eigenvalue weighted by molar-refractivity contribution is 5.92. The molecule has 6 heteroatoms. The van der Waals surface area contributed by atoms with Gasteiger partial charge in [0.25, 0.3) is 5.91 Å². The van der Waals surface area contributed by atoms with Crippen molar-refractivity contribution in [2.45, 2.75) is 13.1 Å². The van der Waals surface area contributed by atoms with Crippen LogP contribution in [0.1, 0.15) is 21.9 Å². The van der Waals surface area contributed by atoms with Gasteiger partial charge in [0.1, 0.15) is 5.69 Å². The van der Waals surface area contributed by atoms with Crippen molar-refractivity contribution >= 4 is 11.6 Å². The maximum absolute atomic E-state index is 12.6. The Balaban J connectivity index is 1.48. The Morgan fingerprint density at radius 3 is 2.64 bits per heavy atom. The van der Waals surface area contributed by atoms with Crippen molar-refractivity contribution in [3.63, 3.8) is 0 Å². The van der Waals surface area contributed by atoms with E-state index in [1.165, 1.54) is 0 Å². The first kappa shape index (κ1) is 15.1. The number of rotatable bonds is 5. The minimum Gasteiger partial charge on any atom is -0.343 e. The van der Waals surface area contributed by atoms with Gasteiger partial charge < -0.3 is 9.88 Å². The molecule has 0 unspecified atom stereocenters. The highest BCUT2D eigenvalue weighted by Crippen LogP contribution is 2.09. The smallest absolute Gasteiger partial charge is 0.268 e. The molecule has 4 aromatic rings. The van der Waals surface area contributed by atoms with Crippen LogP contribution >= 0.6 is 0 Å². The van der Waals surface area contributed by atoms with Crippen molar-refractivity contribution in [3.05, 3.63) is 90.1 Å². The van der Waals surface area contributed by atoms with Crippen LogP contribution in [0.4, 0.5) is 0 Å². The van der Waals surface area contributed by atoms with E-state index in [4.69, 9.17) is 0 Å². The third-order valence-corrected chi connectivity index (χ3v) is 4.05. The molecule has 1 aromatic carbocycles. The normalized spacial score (nSPS) is 10.9. The van der Waals surface area contributed by atoms with Gasteiger partial charge in [0.05, 0.1) is 6.54 Å². The lowest BCUT2D eigenvalue weighted by Gasteiger charge is -2.09. The molecule has 124 valence electrons. The summed E-state index contributed by atoms with van der Waals surface area (Å²) >= 11 is 0. The van der Waals surface area contributed by atoms with E-state index in [1.807, 2.05) is 82.0 Å². The standard InChI is InChI=1S/C19H17N5O/c25-19(20-13-18-22-21-17-10-4-5-12-24(17)18)16-9-6-11-23(16)14-15-7-2-1-3-8-15/h1-12H,13-14H2,(H,20,25). The Kier molecular flexibility index (Phi) is 4.00. The molecule has 1 N–H and O–H groups in total. The van der Waals surface area contributed by atoms with Gasteiger partial charge in [-0.1, -0.05) is 36.4 Å². The fourth-order valence-electron chi connectivity index (χ4n) is 2.80. The van der Waals surface area contributed by atoms with Crippen LogP contribution in [-0.4, -0.2) is 25.1 Å². The number of nitrogens with zero attached hydrogens (tertiary/aromatic N) is 4. The van der Waals surface area contributed by atoms with Crippen LogP contribution in [0.2, 0.25) is 0 Å². The summed E-state index contributed by atoms with van der Waals surface area (Å²) in [6.45, 7) is 0.977. The average Bonchev–Trinajstić information content (AvgIpc) is 3.27. The number of benzene rings is 1. The summed E-state index contributed by atoms with van der Waals surface area (Å²) in [5.41, 5.74) is 2.54. The van der Waals surface area contributed by atoms with Crippen LogP contribution in [-0.2, 0) is 13.1 Å². The Labute approximate surface area is 144 Å². The number of carbonyl (C=O) groups excluding carboxylic acids is 1. The molecule has 0 saturated carbocycles. The molecule has 3 aromatic heterocycles. The Bertz CT molecular complexity index is 1000. The summed E-state index contributed by atoms with van der Waals surface area (Å²) in [5, 5.41) is 11.1. The zero-order valence-corrected chi connectivity index (χ0v) is 13.5. The lowest BCUT2D eigenvalue weighted by molar-refractivity contribution is 0.0941. The van der Waals surface area contributed by atoms with E-state index < -0.39 is 0 Å². The lowest BCUT2D eigenvalue weighted by atomic mass is 10.2. The van der Waals surface area contributed by atoms with Gasteiger partial charge in [-0.05, 0) is 29.8 Å². The topological polar surface area (TPSA) is 64.2 Å². The van der Waals surface area contributed by atoms with Gasteiger partial charge in [-0.15, -0.1) is 10.2 Å². The van der Waals surface area contributed by atoms with Gasteiger partial charge in [-0.2, -0.15) is 0 Å². The van der Waals surface area contributed by atoms with Crippen molar-refractivity contribution in [1.29, 1.82) is 0 Å². The molecule has 0 saturated heterocycles. The molecular weight excluding hydrogens is 314 g/mol. The average molecular weight is 331 g/mol. The predicted molar refractivity (Wildman–Crippen MR) is 94.1 cm³/mol. The number of amides is 1. The number of aromatic nitrogens is 4. The monoisotopic (exact) mass is 331 g/mol. The van der Waals surface area contributed by atoms with Gasteiger partial charge in [0.15, 0.2) is 11.5 Å². The van der Waals surface area contributed by atoms with Crippen LogP contribution in [0.5, 0.6) is 0 Å².